The van der Waals surface area contributed by atoms with E-state index in [1.807, 2.05) is 48.5 Å². The standard InChI is InChI=1S/C30H25ClN2O4S/c1-35-23-14-17(15-24(36-2)28(23)37-3)16-25-29(34)33-27(20-10-6-7-11-22(20)31)21-13-12-18-8-4-5-9-19(18)26(21)32-30(33)38-25/h4-11,14-16,27H,12-13H2,1-3H3/b25-16+. The molecule has 3 aromatic carbocycles. The lowest BCUT2D eigenvalue weighted by Crippen LogP contribution is -2.38. The maximum absolute atomic E-state index is 14.0. The predicted octanol–water partition coefficient (Wildman–Crippen LogP) is 5.00. The first-order chi connectivity index (χ1) is 18.5. The van der Waals surface area contributed by atoms with Gasteiger partial charge in [-0.2, -0.15) is 0 Å². The molecular weight excluding hydrogens is 520 g/mol. The van der Waals surface area contributed by atoms with Gasteiger partial charge in [0.1, 0.15) is 0 Å². The summed E-state index contributed by atoms with van der Waals surface area (Å²) < 4.78 is 18.8. The summed E-state index contributed by atoms with van der Waals surface area (Å²) in [4.78, 5) is 19.7. The van der Waals surface area contributed by atoms with Crippen LogP contribution in [-0.2, 0) is 6.42 Å². The summed E-state index contributed by atoms with van der Waals surface area (Å²) in [5.41, 5.74) is 5.99. The highest BCUT2D eigenvalue weighted by Gasteiger charge is 2.33. The van der Waals surface area contributed by atoms with Gasteiger partial charge in [-0.3, -0.25) is 9.36 Å². The van der Waals surface area contributed by atoms with Crippen molar-refractivity contribution in [3.63, 3.8) is 0 Å². The first-order valence-corrected chi connectivity index (χ1v) is 13.4. The highest BCUT2D eigenvalue weighted by atomic mass is 35.5. The summed E-state index contributed by atoms with van der Waals surface area (Å²) in [7, 11) is 4.70. The zero-order valence-electron chi connectivity index (χ0n) is 21.2. The average molecular weight is 545 g/mol. The van der Waals surface area contributed by atoms with Crippen molar-refractivity contribution < 1.29 is 14.2 Å². The van der Waals surface area contributed by atoms with Gasteiger partial charge in [0.2, 0.25) is 5.75 Å². The molecule has 0 saturated carbocycles. The van der Waals surface area contributed by atoms with E-state index in [1.54, 1.807) is 25.9 Å². The van der Waals surface area contributed by atoms with Crippen LogP contribution in [0.4, 0.5) is 0 Å². The van der Waals surface area contributed by atoms with Crippen molar-refractivity contribution in [3.05, 3.63) is 113 Å². The van der Waals surface area contributed by atoms with Gasteiger partial charge in [-0.15, -0.1) is 0 Å². The number of rotatable bonds is 5. The van der Waals surface area contributed by atoms with Crippen molar-refractivity contribution in [2.45, 2.75) is 18.9 Å². The van der Waals surface area contributed by atoms with Crippen molar-refractivity contribution in [2.75, 3.05) is 21.3 Å². The fourth-order valence-corrected chi connectivity index (χ4v) is 6.57. The predicted molar refractivity (Wildman–Crippen MR) is 150 cm³/mol. The number of hydrogen-bond acceptors (Lipinski definition) is 6. The number of fused-ring (bicyclic) bond motifs is 3. The molecule has 1 aliphatic heterocycles. The van der Waals surface area contributed by atoms with Crippen molar-refractivity contribution in [3.8, 4) is 17.2 Å². The number of thiazole rings is 1. The summed E-state index contributed by atoms with van der Waals surface area (Å²) in [6, 6.07) is 19.4. The number of allylic oxidation sites excluding steroid dienone is 1. The van der Waals surface area contributed by atoms with Gasteiger partial charge >= 0.3 is 0 Å². The molecule has 0 amide bonds. The van der Waals surface area contributed by atoms with Crippen molar-refractivity contribution in [2.24, 2.45) is 4.99 Å². The minimum Gasteiger partial charge on any atom is -0.493 e. The molecule has 6 rings (SSSR count). The first kappa shape index (κ1) is 24.5. The number of ether oxygens (including phenoxy) is 3. The number of aryl methyl sites for hydroxylation is 1. The van der Waals surface area contributed by atoms with Gasteiger partial charge in [0.25, 0.3) is 5.56 Å². The fraction of sp³-hybridized carbons (Fsp3) is 0.200. The molecule has 8 heteroatoms. The van der Waals surface area contributed by atoms with Crippen LogP contribution in [-0.4, -0.2) is 25.9 Å². The fourth-order valence-electron chi connectivity index (χ4n) is 5.33. The van der Waals surface area contributed by atoms with Crippen molar-refractivity contribution in [1.82, 2.24) is 4.57 Å². The minimum absolute atomic E-state index is 0.113. The normalized spacial score (nSPS) is 16.3. The topological polar surface area (TPSA) is 62.1 Å². The van der Waals surface area contributed by atoms with Crippen LogP contribution in [0.25, 0.3) is 11.8 Å². The Morgan fingerprint density at radius 1 is 0.974 bits per heavy atom. The van der Waals surface area contributed by atoms with E-state index in [0.717, 1.165) is 40.8 Å². The Hall–Kier alpha value is -3.81. The Morgan fingerprint density at radius 3 is 2.39 bits per heavy atom. The van der Waals surface area contributed by atoms with Gasteiger partial charge in [0, 0.05) is 10.6 Å². The van der Waals surface area contributed by atoms with Crippen LogP contribution in [0.1, 0.15) is 34.7 Å². The van der Waals surface area contributed by atoms with Crippen LogP contribution in [0.5, 0.6) is 17.2 Å². The Morgan fingerprint density at radius 2 is 1.68 bits per heavy atom. The van der Waals surface area contributed by atoms with Crippen molar-refractivity contribution in [1.29, 1.82) is 0 Å². The van der Waals surface area contributed by atoms with E-state index in [9.17, 15) is 4.79 Å². The van der Waals surface area contributed by atoms with Gasteiger partial charge in [-0.25, -0.2) is 4.99 Å². The second kappa shape index (κ2) is 9.82. The Kier molecular flexibility index (Phi) is 6.33. The van der Waals surface area contributed by atoms with E-state index in [-0.39, 0.29) is 11.6 Å². The van der Waals surface area contributed by atoms with Crippen LogP contribution in [0.2, 0.25) is 5.02 Å². The number of halogens is 1. The Balaban J connectivity index is 1.61. The SMILES string of the molecule is COc1cc(/C=c2/sc3n(c2=O)C(c2ccccc2Cl)C2=C(N=3)c3ccccc3CC2)cc(OC)c1OC. The van der Waals surface area contributed by atoms with Crippen LogP contribution in [0.15, 0.2) is 76.0 Å². The van der Waals surface area contributed by atoms with Gasteiger partial charge in [-0.05, 0) is 59.4 Å². The third-order valence-corrected chi connectivity index (χ3v) is 8.38. The third-order valence-electron chi connectivity index (χ3n) is 7.06. The lowest BCUT2D eigenvalue weighted by molar-refractivity contribution is 0.324. The van der Waals surface area contributed by atoms with E-state index in [1.165, 1.54) is 16.9 Å². The number of aromatic nitrogens is 1. The summed E-state index contributed by atoms with van der Waals surface area (Å²) >= 11 is 8.09. The smallest absolute Gasteiger partial charge is 0.271 e. The molecule has 0 fully saturated rings. The van der Waals surface area contributed by atoms with Crippen LogP contribution in [0.3, 0.4) is 0 Å². The van der Waals surface area contributed by atoms with Gasteiger partial charge in [-0.1, -0.05) is 65.4 Å². The molecule has 6 nitrogen and oxygen atoms in total. The molecule has 1 aromatic heterocycles. The summed E-state index contributed by atoms with van der Waals surface area (Å²) in [5.74, 6) is 1.54. The molecule has 0 saturated heterocycles. The van der Waals surface area contributed by atoms with Crippen LogP contribution >= 0.6 is 22.9 Å². The lowest BCUT2D eigenvalue weighted by Gasteiger charge is -2.31. The van der Waals surface area contributed by atoms with Gasteiger partial charge < -0.3 is 14.2 Å². The molecule has 0 N–H and O–H groups in total. The second-order valence-electron chi connectivity index (χ2n) is 9.09. The number of hydrogen-bond donors (Lipinski definition) is 0. The maximum Gasteiger partial charge on any atom is 0.271 e. The largest absolute Gasteiger partial charge is 0.493 e. The van der Waals surface area contributed by atoms with E-state index < -0.39 is 0 Å². The average Bonchev–Trinajstić information content (AvgIpc) is 3.25. The quantitative estimate of drug-likeness (QED) is 0.355. The number of methoxy groups -OCH3 is 3. The van der Waals surface area contributed by atoms with Crippen LogP contribution < -0.4 is 29.1 Å². The van der Waals surface area contributed by atoms with Crippen molar-refractivity contribution >= 4 is 34.7 Å². The maximum atomic E-state index is 14.0. The molecule has 38 heavy (non-hydrogen) atoms. The summed E-state index contributed by atoms with van der Waals surface area (Å²) in [6.45, 7) is 0. The molecule has 1 aliphatic carbocycles. The molecule has 2 aliphatic rings. The van der Waals surface area contributed by atoms with E-state index in [0.29, 0.717) is 31.6 Å². The van der Waals surface area contributed by atoms with E-state index in [4.69, 9.17) is 30.8 Å². The highest BCUT2D eigenvalue weighted by Crippen LogP contribution is 2.43. The molecular formula is C30H25ClN2O4S. The van der Waals surface area contributed by atoms with Crippen LogP contribution in [0, 0.1) is 0 Å². The molecule has 192 valence electrons. The molecule has 2 heterocycles. The monoisotopic (exact) mass is 544 g/mol. The molecule has 0 spiro atoms. The van der Waals surface area contributed by atoms with Gasteiger partial charge in [0.15, 0.2) is 16.3 Å². The van der Waals surface area contributed by atoms with E-state index in [2.05, 4.69) is 18.2 Å². The Labute approximate surface area is 228 Å². The molecule has 4 aromatic rings. The molecule has 0 bridgehead atoms. The highest BCUT2D eigenvalue weighted by molar-refractivity contribution is 7.07. The van der Waals surface area contributed by atoms with Gasteiger partial charge in [0.05, 0.1) is 37.6 Å². The summed E-state index contributed by atoms with van der Waals surface area (Å²) in [5, 5.41) is 0.629. The third kappa shape index (κ3) is 3.94. The Bertz CT molecular complexity index is 1760. The zero-order valence-corrected chi connectivity index (χ0v) is 22.7. The minimum atomic E-state index is -0.328. The second-order valence-corrected chi connectivity index (χ2v) is 10.5. The lowest BCUT2D eigenvalue weighted by atomic mass is 9.83. The number of nitrogens with zero attached hydrogens (tertiary/aromatic N) is 2. The summed E-state index contributed by atoms with van der Waals surface area (Å²) in [6.07, 6.45) is 3.54. The molecule has 1 atom stereocenters. The van der Waals surface area contributed by atoms with E-state index >= 15 is 0 Å². The molecule has 1 unspecified atom stereocenters. The first-order valence-electron chi connectivity index (χ1n) is 12.2. The number of benzene rings is 3. The zero-order chi connectivity index (χ0) is 26.4. The molecule has 0 radical (unpaired) electrons.